The van der Waals surface area contributed by atoms with Gasteiger partial charge in [-0.3, -0.25) is 4.79 Å². The van der Waals surface area contributed by atoms with Gasteiger partial charge in [0.2, 0.25) is 0 Å². The standard InChI is InChI=1S/C11H22O2/c1-8(2)7-11(5,9(3)4)10(12)13-6/h8-9H,7H2,1-6H3. The van der Waals surface area contributed by atoms with Gasteiger partial charge >= 0.3 is 5.97 Å². The fourth-order valence-corrected chi connectivity index (χ4v) is 1.64. The topological polar surface area (TPSA) is 26.3 Å². The minimum atomic E-state index is -0.330. The Bertz CT molecular complexity index is 173. The molecule has 2 nitrogen and oxygen atoms in total. The first kappa shape index (κ1) is 12.5. The molecule has 0 saturated carbocycles. The number of methoxy groups -OCH3 is 1. The van der Waals surface area contributed by atoms with Crippen LogP contribution in [0.4, 0.5) is 0 Å². The van der Waals surface area contributed by atoms with Gasteiger partial charge in [0, 0.05) is 0 Å². The Morgan fingerprint density at radius 1 is 1.31 bits per heavy atom. The molecule has 1 unspecified atom stereocenters. The number of ether oxygens (including phenoxy) is 1. The molecule has 0 aliphatic heterocycles. The molecule has 78 valence electrons. The molecule has 13 heavy (non-hydrogen) atoms. The molecule has 1 atom stereocenters. The maximum atomic E-state index is 11.6. The smallest absolute Gasteiger partial charge is 0.311 e. The molecule has 0 saturated heterocycles. The van der Waals surface area contributed by atoms with Crippen LogP contribution in [-0.2, 0) is 9.53 Å². The van der Waals surface area contributed by atoms with Gasteiger partial charge in [-0.25, -0.2) is 0 Å². The summed E-state index contributed by atoms with van der Waals surface area (Å²) < 4.78 is 4.84. The largest absolute Gasteiger partial charge is 0.469 e. The summed E-state index contributed by atoms with van der Waals surface area (Å²) in [6.07, 6.45) is 0.886. The van der Waals surface area contributed by atoms with Crippen molar-refractivity contribution in [1.29, 1.82) is 0 Å². The maximum absolute atomic E-state index is 11.6. The Kier molecular flexibility index (Phi) is 4.45. The Morgan fingerprint density at radius 2 is 1.77 bits per heavy atom. The average molecular weight is 186 g/mol. The lowest BCUT2D eigenvalue weighted by Crippen LogP contribution is -2.35. The second-order valence-corrected chi connectivity index (χ2v) is 4.66. The molecule has 0 amide bonds. The van der Waals surface area contributed by atoms with Gasteiger partial charge in [-0.1, -0.05) is 27.7 Å². The molecule has 0 spiro atoms. The molecule has 0 aromatic carbocycles. The Morgan fingerprint density at radius 3 is 2.00 bits per heavy atom. The van der Waals surface area contributed by atoms with Gasteiger partial charge < -0.3 is 4.74 Å². The zero-order chi connectivity index (χ0) is 10.6. The van der Waals surface area contributed by atoms with E-state index < -0.39 is 0 Å². The van der Waals surface area contributed by atoms with Crippen LogP contribution >= 0.6 is 0 Å². The summed E-state index contributed by atoms with van der Waals surface area (Å²) in [6.45, 7) is 10.4. The highest BCUT2D eigenvalue weighted by atomic mass is 16.5. The van der Waals surface area contributed by atoms with Crippen LogP contribution in [0.1, 0.15) is 41.0 Å². The van der Waals surface area contributed by atoms with Crippen LogP contribution in [-0.4, -0.2) is 13.1 Å². The molecule has 0 fully saturated rings. The van der Waals surface area contributed by atoms with Crippen molar-refractivity contribution in [2.45, 2.75) is 41.0 Å². The molecule has 0 bridgehead atoms. The Balaban J connectivity index is 4.62. The third kappa shape index (κ3) is 3.02. The number of hydrogen-bond donors (Lipinski definition) is 0. The number of esters is 1. The van der Waals surface area contributed by atoms with Crippen molar-refractivity contribution >= 4 is 5.97 Å². The van der Waals surface area contributed by atoms with Crippen LogP contribution in [0.15, 0.2) is 0 Å². The molecular formula is C11H22O2. The fourth-order valence-electron chi connectivity index (χ4n) is 1.64. The number of carbonyl (C=O) groups is 1. The maximum Gasteiger partial charge on any atom is 0.311 e. The fraction of sp³-hybridized carbons (Fsp3) is 0.909. The van der Waals surface area contributed by atoms with E-state index in [2.05, 4.69) is 27.7 Å². The lowest BCUT2D eigenvalue weighted by Gasteiger charge is -2.32. The first-order valence-electron chi connectivity index (χ1n) is 4.93. The zero-order valence-corrected chi connectivity index (χ0v) is 9.68. The van der Waals surface area contributed by atoms with Crippen LogP contribution < -0.4 is 0 Å². The minimum Gasteiger partial charge on any atom is -0.469 e. The SMILES string of the molecule is COC(=O)C(C)(CC(C)C)C(C)C. The van der Waals surface area contributed by atoms with E-state index in [-0.39, 0.29) is 11.4 Å². The summed E-state index contributed by atoms with van der Waals surface area (Å²) in [5, 5.41) is 0. The van der Waals surface area contributed by atoms with Crippen LogP contribution in [0.5, 0.6) is 0 Å². The molecule has 0 rings (SSSR count). The van der Waals surface area contributed by atoms with Crippen molar-refractivity contribution in [2.24, 2.45) is 17.3 Å². The predicted molar refractivity (Wildman–Crippen MR) is 54.4 cm³/mol. The summed E-state index contributed by atoms with van der Waals surface area (Å²) >= 11 is 0. The average Bonchev–Trinajstić information content (AvgIpc) is 2.01. The van der Waals surface area contributed by atoms with E-state index in [1.807, 2.05) is 6.92 Å². The third-order valence-corrected chi connectivity index (χ3v) is 2.76. The first-order chi connectivity index (χ1) is 5.84. The summed E-state index contributed by atoms with van der Waals surface area (Å²) in [6, 6.07) is 0. The number of rotatable bonds is 4. The summed E-state index contributed by atoms with van der Waals surface area (Å²) in [7, 11) is 1.46. The lowest BCUT2D eigenvalue weighted by molar-refractivity contribution is -0.155. The van der Waals surface area contributed by atoms with Crippen molar-refractivity contribution in [1.82, 2.24) is 0 Å². The van der Waals surface area contributed by atoms with E-state index in [0.717, 1.165) is 6.42 Å². The second-order valence-electron chi connectivity index (χ2n) is 4.66. The van der Waals surface area contributed by atoms with Gasteiger partial charge in [0.25, 0.3) is 0 Å². The normalized spacial score (nSPS) is 16.0. The number of hydrogen-bond acceptors (Lipinski definition) is 2. The van der Waals surface area contributed by atoms with Gasteiger partial charge in [0.05, 0.1) is 12.5 Å². The Hall–Kier alpha value is -0.530. The highest BCUT2D eigenvalue weighted by Gasteiger charge is 2.37. The highest BCUT2D eigenvalue weighted by Crippen LogP contribution is 2.35. The van der Waals surface area contributed by atoms with Crippen LogP contribution in [0.3, 0.4) is 0 Å². The molecule has 0 aliphatic carbocycles. The van der Waals surface area contributed by atoms with Crippen molar-refractivity contribution in [3.05, 3.63) is 0 Å². The van der Waals surface area contributed by atoms with Crippen molar-refractivity contribution < 1.29 is 9.53 Å². The van der Waals surface area contributed by atoms with E-state index in [0.29, 0.717) is 11.8 Å². The van der Waals surface area contributed by atoms with E-state index in [9.17, 15) is 4.79 Å². The minimum absolute atomic E-state index is 0.0869. The van der Waals surface area contributed by atoms with Gasteiger partial charge in [0.1, 0.15) is 0 Å². The van der Waals surface area contributed by atoms with E-state index in [4.69, 9.17) is 4.74 Å². The third-order valence-electron chi connectivity index (χ3n) is 2.76. The van der Waals surface area contributed by atoms with Crippen molar-refractivity contribution in [3.63, 3.8) is 0 Å². The molecule has 2 heteroatoms. The van der Waals surface area contributed by atoms with Crippen molar-refractivity contribution in [3.8, 4) is 0 Å². The molecule has 0 aromatic heterocycles. The molecule has 0 aromatic rings. The first-order valence-corrected chi connectivity index (χ1v) is 4.93. The monoisotopic (exact) mass is 186 g/mol. The molecule has 0 radical (unpaired) electrons. The zero-order valence-electron chi connectivity index (χ0n) is 9.68. The van der Waals surface area contributed by atoms with Gasteiger partial charge in [-0.05, 0) is 25.2 Å². The lowest BCUT2D eigenvalue weighted by atomic mass is 9.73. The van der Waals surface area contributed by atoms with Gasteiger partial charge in [-0.2, -0.15) is 0 Å². The molecule has 0 heterocycles. The molecule has 0 N–H and O–H groups in total. The molecular weight excluding hydrogens is 164 g/mol. The summed E-state index contributed by atoms with van der Waals surface area (Å²) in [5.41, 5.74) is -0.330. The van der Waals surface area contributed by atoms with Crippen LogP contribution in [0.2, 0.25) is 0 Å². The van der Waals surface area contributed by atoms with Gasteiger partial charge in [0.15, 0.2) is 0 Å². The summed E-state index contributed by atoms with van der Waals surface area (Å²) in [4.78, 5) is 11.6. The van der Waals surface area contributed by atoms with Crippen LogP contribution in [0, 0.1) is 17.3 Å². The molecule has 0 aliphatic rings. The predicted octanol–water partition coefficient (Wildman–Crippen LogP) is 2.87. The van der Waals surface area contributed by atoms with E-state index in [1.54, 1.807) is 0 Å². The van der Waals surface area contributed by atoms with Gasteiger partial charge in [-0.15, -0.1) is 0 Å². The van der Waals surface area contributed by atoms with Crippen molar-refractivity contribution in [2.75, 3.05) is 7.11 Å². The Labute approximate surface area is 81.7 Å². The van der Waals surface area contributed by atoms with Crippen LogP contribution in [0.25, 0.3) is 0 Å². The van der Waals surface area contributed by atoms with E-state index >= 15 is 0 Å². The quantitative estimate of drug-likeness (QED) is 0.631. The van der Waals surface area contributed by atoms with E-state index in [1.165, 1.54) is 7.11 Å². The second kappa shape index (κ2) is 4.64. The number of carbonyl (C=O) groups excluding carboxylic acids is 1. The summed E-state index contributed by atoms with van der Waals surface area (Å²) in [5.74, 6) is 0.755. The highest BCUT2D eigenvalue weighted by molar-refractivity contribution is 5.76.